The highest BCUT2D eigenvalue weighted by molar-refractivity contribution is 6.21. The fraction of sp³-hybridized carbons (Fsp3) is 0. The van der Waals surface area contributed by atoms with Gasteiger partial charge in [0, 0.05) is 27.5 Å². The Kier molecular flexibility index (Phi) is 6.18. The fourth-order valence-corrected chi connectivity index (χ4v) is 7.31. The quantitative estimate of drug-likeness (QED) is 0.144. The van der Waals surface area contributed by atoms with E-state index in [0.717, 1.165) is 61.1 Å². The lowest BCUT2D eigenvalue weighted by Gasteiger charge is -2.16. The molecular weight excluding hydrogens is 597 g/mol. The molecule has 10 rings (SSSR count). The van der Waals surface area contributed by atoms with Crippen LogP contribution in [0.2, 0.25) is 0 Å². The lowest BCUT2D eigenvalue weighted by Crippen LogP contribution is -1.97. The average Bonchev–Trinajstić information content (AvgIpc) is 3.55. The molecule has 8 aromatic carbocycles. The van der Waals surface area contributed by atoms with E-state index in [9.17, 15) is 0 Å². The normalized spacial score (nSPS) is 11.7. The van der Waals surface area contributed by atoms with Crippen molar-refractivity contribution in [2.24, 2.45) is 0 Å². The molecular formula is C46H28N2O. The Labute approximate surface area is 282 Å². The summed E-state index contributed by atoms with van der Waals surface area (Å²) in [5, 5.41) is 9.42. The maximum Gasteiger partial charge on any atom is 0.160 e. The molecule has 2 heterocycles. The first-order chi connectivity index (χ1) is 24.3. The Balaban J connectivity index is 1.21. The van der Waals surface area contributed by atoms with E-state index in [0.29, 0.717) is 5.82 Å². The Morgan fingerprint density at radius 3 is 1.90 bits per heavy atom. The highest BCUT2D eigenvalue weighted by atomic mass is 16.3. The second kappa shape index (κ2) is 11.0. The molecule has 0 radical (unpaired) electrons. The van der Waals surface area contributed by atoms with Crippen molar-refractivity contribution in [1.82, 2.24) is 9.97 Å². The number of furan rings is 1. The van der Waals surface area contributed by atoms with Gasteiger partial charge in [-0.15, -0.1) is 0 Å². The van der Waals surface area contributed by atoms with Crippen LogP contribution in [0, 0.1) is 0 Å². The van der Waals surface area contributed by atoms with Gasteiger partial charge in [0.25, 0.3) is 0 Å². The fourth-order valence-electron chi connectivity index (χ4n) is 7.31. The minimum Gasteiger partial charge on any atom is -0.456 e. The van der Waals surface area contributed by atoms with Crippen molar-refractivity contribution in [1.29, 1.82) is 0 Å². The second-order valence-electron chi connectivity index (χ2n) is 12.6. The summed E-state index contributed by atoms with van der Waals surface area (Å²) in [6.45, 7) is 0. The van der Waals surface area contributed by atoms with Crippen molar-refractivity contribution in [2.45, 2.75) is 0 Å². The smallest absolute Gasteiger partial charge is 0.160 e. The molecule has 0 fully saturated rings. The predicted octanol–water partition coefficient (Wildman–Crippen LogP) is 12.5. The van der Waals surface area contributed by atoms with Gasteiger partial charge in [0.1, 0.15) is 11.2 Å². The summed E-state index contributed by atoms with van der Waals surface area (Å²) in [4.78, 5) is 10.5. The Morgan fingerprint density at radius 1 is 0.347 bits per heavy atom. The van der Waals surface area contributed by atoms with E-state index < -0.39 is 0 Å². The van der Waals surface area contributed by atoms with Crippen molar-refractivity contribution in [3.8, 4) is 45.0 Å². The van der Waals surface area contributed by atoms with Crippen molar-refractivity contribution in [2.75, 3.05) is 0 Å². The summed E-state index contributed by atoms with van der Waals surface area (Å²) < 4.78 is 6.24. The number of benzene rings is 8. The van der Waals surface area contributed by atoms with Crippen molar-refractivity contribution >= 4 is 54.3 Å². The minimum absolute atomic E-state index is 0.698. The summed E-state index contributed by atoms with van der Waals surface area (Å²) in [7, 11) is 0. The van der Waals surface area contributed by atoms with Crippen LogP contribution >= 0.6 is 0 Å². The van der Waals surface area contributed by atoms with Gasteiger partial charge in [-0.3, -0.25) is 0 Å². The van der Waals surface area contributed by atoms with Crippen molar-refractivity contribution in [3.05, 3.63) is 170 Å². The molecule has 2 aromatic heterocycles. The molecule has 3 heteroatoms. The van der Waals surface area contributed by atoms with Crippen LogP contribution in [0.4, 0.5) is 0 Å². The number of rotatable bonds is 4. The SMILES string of the molecule is c1ccc(-c2nc(-c3cccc(-c4ccc5c(c4)oc4ccccc45)c3)cc(-c3c4ccccc4cc4ccc5ccccc5c34)n2)cc1. The van der Waals surface area contributed by atoms with Gasteiger partial charge in [-0.1, -0.05) is 133 Å². The molecule has 0 aliphatic carbocycles. The van der Waals surface area contributed by atoms with Gasteiger partial charge in [-0.25, -0.2) is 9.97 Å². The molecule has 0 aliphatic rings. The van der Waals surface area contributed by atoms with Gasteiger partial charge in [-0.2, -0.15) is 0 Å². The lowest BCUT2D eigenvalue weighted by molar-refractivity contribution is 0.669. The monoisotopic (exact) mass is 624 g/mol. The molecule has 0 spiro atoms. The van der Waals surface area contributed by atoms with E-state index >= 15 is 0 Å². The zero-order chi connectivity index (χ0) is 32.3. The molecule has 228 valence electrons. The minimum atomic E-state index is 0.698. The number of hydrogen-bond acceptors (Lipinski definition) is 3. The average molecular weight is 625 g/mol. The standard InChI is InChI=1S/C46H28N2O/c1-2-12-30(13-3-1)46-47-40(34-16-10-15-31(25-34)32-23-24-39-38-19-8-9-20-42(38)49-43(39)27-32)28-41(48-46)45-37-18-7-5-14-33(37)26-35-22-21-29-11-4-6-17-36(29)44(35)45/h1-28H. The molecule has 0 N–H and O–H groups in total. The van der Waals surface area contributed by atoms with E-state index in [1.165, 1.54) is 32.3 Å². The lowest BCUT2D eigenvalue weighted by atomic mass is 9.90. The Hall–Kier alpha value is -6.58. The molecule has 0 saturated heterocycles. The third-order valence-electron chi connectivity index (χ3n) is 9.64. The third kappa shape index (κ3) is 4.59. The van der Waals surface area contributed by atoms with E-state index in [2.05, 4.69) is 140 Å². The van der Waals surface area contributed by atoms with Gasteiger partial charge in [-0.05, 0) is 79.8 Å². The van der Waals surface area contributed by atoms with Crippen LogP contribution in [0.15, 0.2) is 174 Å². The van der Waals surface area contributed by atoms with E-state index in [-0.39, 0.29) is 0 Å². The number of hydrogen-bond donors (Lipinski definition) is 0. The van der Waals surface area contributed by atoms with Gasteiger partial charge in [0.05, 0.1) is 11.4 Å². The van der Waals surface area contributed by atoms with Crippen LogP contribution in [0.3, 0.4) is 0 Å². The van der Waals surface area contributed by atoms with Crippen LogP contribution in [-0.4, -0.2) is 9.97 Å². The summed E-state index contributed by atoms with van der Waals surface area (Å²) in [6, 6.07) is 59.7. The van der Waals surface area contributed by atoms with Crippen molar-refractivity contribution in [3.63, 3.8) is 0 Å². The summed E-state index contributed by atoms with van der Waals surface area (Å²) in [5.74, 6) is 0.698. The van der Waals surface area contributed by atoms with E-state index in [4.69, 9.17) is 14.4 Å². The Bertz CT molecular complexity index is 2890. The molecule has 0 bridgehead atoms. The maximum atomic E-state index is 6.24. The van der Waals surface area contributed by atoms with Gasteiger partial charge < -0.3 is 4.42 Å². The molecule has 0 saturated carbocycles. The van der Waals surface area contributed by atoms with Gasteiger partial charge in [0.15, 0.2) is 5.82 Å². The number of fused-ring (bicyclic) bond motifs is 7. The maximum absolute atomic E-state index is 6.24. The highest BCUT2D eigenvalue weighted by Crippen LogP contribution is 2.41. The predicted molar refractivity (Wildman–Crippen MR) is 204 cm³/mol. The second-order valence-corrected chi connectivity index (χ2v) is 12.6. The highest BCUT2D eigenvalue weighted by Gasteiger charge is 2.18. The summed E-state index contributed by atoms with van der Waals surface area (Å²) in [6.07, 6.45) is 0. The molecule has 3 nitrogen and oxygen atoms in total. The molecule has 0 aliphatic heterocycles. The number of nitrogens with zero attached hydrogens (tertiary/aromatic N) is 2. The summed E-state index contributed by atoms with van der Waals surface area (Å²) >= 11 is 0. The molecule has 49 heavy (non-hydrogen) atoms. The van der Waals surface area contributed by atoms with E-state index in [1.807, 2.05) is 30.3 Å². The van der Waals surface area contributed by atoms with Crippen LogP contribution in [0.25, 0.3) is 99.3 Å². The first kappa shape index (κ1) is 27.5. The number of para-hydroxylation sites is 1. The molecule has 0 unspecified atom stereocenters. The van der Waals surface area contributed by atoms with Crippen LogP contribution in [-0.2, 0) is 0 Å². The molecule has 0 amide bonds. The first-order valence-corrected chi connectivity index (χ1v) is 16.6. The van der Waals surface area contributed by atoms with Gasteiger partial charge >= 0.3 is 0 Å². The zero-order valence-electron chi connectivity index (χ0n) is 26.5. The zero-order valence-corrected chi connectivity index (χ0v) is 26.5. The van der Waals surface area contributed by atoms with Crippen LogP contribution < -0.4 is 0 Å². The number of aromatic nitrogens is 2. The topological polar surface area (TPSA) is 38.9 Å². The van der Waals surface area contributed by atoms with Crippen LogP contribution in [0.5, 0.6) is 0 Å². The third-order valence-corrected chi connectivity index (χ3v) is 9.64. The largest absolute Gasteiger partial charge is 0.456 e. The van der Waals surface area contributed by atoms with Crippen LogP contribution in [0.1, 0.15) is 0 Å². The molecule has 10 aromatic rings. The summed E-state index contributed by atoms with van der Waals surface area (Å²) in [5.41, 5.74) is 8.88. The van der Waals surface area contributed by atoms with Gasteiger partial charge in [0.2, 0.25) is 0 Å². The van der Waals surface area contributed by atoms with E-state index in [1.54, 1.807) is 0 Å². The van der Waals surface area contributed by atoms with Crippen molar-refractivity contribution < 1.29 is 4.42 Å². The first-order valence-electron chi connectivity index (χ1n) is 16.6. The Morgan fingerprint density at radius 2 is 1.00 bits per heavy atom. The molecule has 0 atom stereocenters.